The van der Waals surface area contributed by atoms with Crippen molar-refractivity contribution in [1.29, 1.82) is 0 Å². The first-order chi connectivity index (χ1) is 21.3. The van der Waals surface area contributed by atoms with Gasteiger partial charge in [0.15, 0.2) is 0 Å². The van der Waals surface area contributed by atoms with Crippen LogP contribution >= 0.6 is 0 Å². The van der Waals surface area contributed by atoms with E-state index in [4.69, 9.17) is 8.83 Å². The van der Waals surface area contributed by atoms with Crippen LogP contribution < -0.4 is 4.90 Å². The van der Waals surface area contributed by atoms with Crippen LogP contribution in [-0.4, -0.2) is 0 Å². The van der Waals surface area contributed by atoms with Crippen LogP contribution in [0.4, 0.5) is 17.1 Å². The fourth-order valence-corrected chi connectivity index (χ4v) is 6.39. The molecular formula is C40H25NO2. The maximum absolute atomic E-state index is 6.47. The summed E-state index contributed by atoms with van der Waals surface area (Å²) in [6.07, 6.45) is 0. The second kappa shape index (κ2) is 9.37. The predicted molar refractivity (Wildman–Crippen MR) is 179 cm³/mol. The largest absolute Gasteiger partial charge is 0.456 e. The summed E-state index contributed by atoms with van der Waals surface area (Å²) in [6.45, 7) is 0. The van der Waals surface area contributed by atoms with Gasteiger partial charge in [0, 0.05) is 27.5 Å². The van der Waals surface area contributed by atoms with Crippen LogP contribution in [-0.2, 0) is 0 Å². The average Bonchev–Trinajstić information content (AvgIpc) is 3.62. The van der Waals surface area contributed by atoms with Gasteiger partial charge in [0.1, 0.15) is 22.3 Å². The van der Waals surface area contributed by atoms with Gasteiger partial charge in [0.25, 0.3) is 0 Å². The zero-order valence-corrected chi connectivity index (χ0v) is 23.2. The summed E-state index contributed by atoms with van der Waals surface area (Å²) in [4.78, 5) is 2.34. The van der Waals surface area contributed by atoms with Crippen LogP contribution in [0.25, 0.3) is 65.8 Å². The molecule has 0 unspecified atom stereocenters. The van der Waals surface area contributed by atoms with Crippen molar-refractivity contribution in [3.63, 3.8) is 0 Å². The van der Waals surface area contributed by atoms with Crippen molar-refractivity contribution in [3.05, 3.63) is 152 Å². The second-order valence-corrected chi connectivity index (χ2v) is 11.0. The molecule has 2 aromatic heterocycles. The smallest absolute Gasteiger partial charge is 0.137 e. The van der Waals surface area contributed by atoms with Crippen molar-refractivity contribution in [2.75, 3.05) is 4.90 Å². The van der Waals surface area contributed by atoms with Crippen LogP contribution in [0, 0.1) is 0 Å². The highest BCUT2D eigenvalue weighted by atomic mass is 16.3. The molecule has 0 spiro atoms. The number of rotatable bonds is 4. The van der Waals surface area contributed by atoms with Crippen molar-refractivity contribution >= 4 is 71.7 Å². The molecule has 0 bridgehead atoms. The van der Waals surface area contributed by atoms with Crippen molar-refractivity contribution in [2.45, 2.75) is 0 Å². The molecule has 0 aliphatic rings. The number of anilines is 3. The van der Waals surface area contributed by atoms with Gasteiger partial charge >= 0.3 is 0 Å². The number of nitrogens with zero attached hydrogens (tertiary/aromatic N) is 1. The third-order valence-electron chi connectivity index (χ3n) is 8.43. The first kappa shape index (κ1) is 23.9. The number of hydrogen-bond donors (Lipinski definition) is 0. The first-order valence-corrected chi connectivity index (χ1v) is 14.5. The number of benzene rings is 7. The Morgan fingerprint density at radius 3 is 1.88 bits per heavy atom. The summed E-state index contributed by atoms with van der Waals surface area (Å²) >= 11 is 0. The summed E-state index contributed by atoms with van der Waals surface area (Å²) in [6, 6.07) is 53.2. The molecule has 0 aliphatic carbocycles. The summed E-state index contributed by atoms with van der Waals surface area (Å²) < 4.78 is 12.7. The summed E-state index contributed by atoms with van der Waals surface area (Å²) in [5.74, 6) is 0. The van der Waals surface area contributed by atoms with E-state index in [1.165, 1.54) is 21.9 Å². The Hall–Kier alpha value is -5.80. The molecular weight excluding hydrogens is 526 g/mol. The molecule has 3 heteroatoms. The maximum Gasteiger partial charge on any atom is 0.137 e. The van der Waals surface area contributed by atoms with E-state index in [0.717, 1.165) is 60.9 Å². The van der Waals surface area contributed by atoms with Crippen molar-refractivity contribution in [2.24, 2.45) is 0 Å². The zero-order chi connectivity index (χ0) is 28.3. The highest BCUT2D eigenvalue weighted by Gasteiger charge is 2.21. The Balaban J connectivity index is 1.31. The van der Waals surface area contributed by atoms with E-state index in [1.54, 1.807) is 0 Å². The monoisotopic (exact) mass is 551 g/mol. The highest BCUT2D eigenvalue weighted by molar-refractivity contribution is 6.16. The Kier molecular flexibility index (Phi) is 5.20. The van der Waals surface area contributed by atoms with E-state index in [1.807, 2.05) is 12.1 Å². The number of hydrogen-bond acceptors (Lipinski definition) is 3. The van der Waals surface area contributed by atoms with Gasteiger partial charge in [0.05, 0.1) is 11.1 Å². The topological polar surface area (TPSA) is 29.5 Å². The van der Waals surface area contributed by atoms with E-state index in [9.17, 15) is 0 Å². The van der Waals surface area contributed by atoms with E-state index in [2.05, 4.69) is 144 Å². The quantitative estimate of drug-likeness (QED) is 0.218. The predicted octanol–water partition coefficient (Wildman–Crippen LogP) is 11.8. The normalized spacial score (nSPS) is 11.7. The molecule has 3 nitrogen and oxygen atoms in total. The number of furan rings is 2. The standard InChI is InChI=1S/C40H25NO2/c1-2-9-26(10-3-1)27-17-19-30(20-18-27)41(31-21-22-37-33(25-31)32-13-6-7-15-36(32)42-37)35-14-8-16-38-40(35)34-23-28-11-4-5-12-29(28)24-39(34)43-38/h1-25H. The van der Waals surface area contributed by atoms with E-state index < -0.39 is 0 Å². The van der Waals surface area contributed by atoms with E-state index in [-0.39, 0.29) is 0 Å². The maximum atomic E-state index is 6.47. The Morgan fingerprint density at radius 2 is 1.02 bits per heavy atom. The third kappa shape index (κ3) is 3.83. The molecule has 0 saturated carbocycles. The molecule has 0 aliphatic heterocycles. The summed E-state index contributed by atoms with van der Waals surface area (Å²) in [5, 5.41) is 6.75. The van der Waals surface area contributed by atoms with Crippen LogP contribution in [0.1, 0.15) is 0 Å². The lowest BCUT2D eigenvalue weighted by molar-refractivity contribution is 0.668. The molecule has 7 aromatic carbocycles. The third-order valence-corrected chi connectivity index (χ3v) is 8.43. The molecule has 0 amide bonds. The zero-order valence-electron chi connectivity index (χ0n) is 23.2. The van der Waals surface area contributed by atoms with Gasteiger partial charge in [-0.1, -0.05) is 91.0 Å². The Labute approximate surface area is 247 Å². The second-order valence-electron chi connectivity index (χ2n) is 11.0. The molecule has 202 valence electrons. The van der Waals surface area contributed by atoms with Gasteiger partial charge in [-0.2, -0.15) is 0 Å². The van der Waals surface area contributed by atoms with Crippen LogP contribution in [0.5, 0.6) is 0 Å². The Bertz CT molecular complexity index is 2450. The number of para-hydroxylation sites is 1. The molecule has 0 atom stereocenters. The van der Waals surface area contributed by atoms with Gasteiger partial charge in [-0.25, -0.2) is 0 Å². The van der Waals surface area contributed by atoms with Gasteiger partial charge in [-0.3, -0.25) is 0 Å². The van der Waals surface area contributed by atoms with Crippen molar-refractivity contribution in [1.82, 2.24) is 0 Å². The van der Waals surface area contributed by atoms with Crippen LogP contribution in [0.3, 0.4) is 0 Å². The fraction of sp³-hybridized carbons (Fsp3) is 0. The molecule has 2 heterocycles. The van der Waals surface area contributed by atoms with Crippen molar-refractivity contribution in [3.8, 4) is 11.1 Å². The minimum absolute atomic E-state index is 0.864. The van der Waals surface area contributed by atoms with Gasteiger partial charge < -0.3 is 13.7 Å². The number of fused-ring (bicyclic) bond motifs is 7. The van der Waals surface area contributed by atoms with Gasteiger partial charge in [-0.05, 0) is 82.6 Å². The summed E-state index contributed by atoms with van der Waals surface area (Å²) in [7, 11) is 0. The lowest BCUT2D eigenvalue weighted by Gasteiger charge is -2.26. The van der Waals surface area contributed by atoms with E-state index in [0.29, 0.717) is 0 Å². The summed E-state index contributed by atoms with van der Waals surface area (Å²) in [5.41, 5.74) is 9.07. The molecule has 43 heavy (non-hydrogen) atoms. The van der Waals surface area contributed by atoms with Crippen molar-refractivity contribution < 1.29 is 8.83 Å². The minimum Gasteiger partial charge on any atom is -0.456 e. The lowest BCUT2D eigenvalue weighted by atomic mass is 10.0. The van der Waals surface area contributed by atoms with Crippen LogP contribution in [0.15, 0.2) is 160 Å². The lowest BCUT2D eigenvalue weighted by Crippen LogP contribution is -2.10. The molecule has 0 saturated heterocycles. The van der Waals surface area contributed by atoms with E-state index >= 15 is 0 Å². The SMILES string of the molecule is c1ccc(-c2ccc(N(c3ccc4oc5ccccc5c4c3)c3cccc4oc5cc6ccccc6cc5c34)cc2)cc1. The first-order valence-electron chi connectivity index (χ1n) is 14.5. The Morgan fingerprint density at radius 1 is 0.372 bits per heavy atom. The van der Waals surface area contributed by atoms with Crippen LogP contribution in [0.2, 0.25) is 0 Å². The molecule has 0 fully saturated rings. The fourth-order valence-electron chi connectivity index (χ4n) is 6.39. The highest BCUT2D eigenvalue weighted by Crippen LogP contribution is 2.45. The molecule has 0 N–H and O–H groups in total. The average molecular weight is 552 g/mol. The van der Waals surface area contributed by atoms with Gasteiger partial charge in [-0.15, -0.1) is 0 Å². The minimum atomic E-state index is 0.864. The molecule has 9 aromatic rings. The molecule has 9 rings (SSSR count). The van der Waals surface area contributed by atoms with Gasteiger partial charge in [0.2, 0.25) is 0 Å². The molecule has 0 radical (unpaired) electrons.